The number of nitrogens with zero attached hydrogens (tertiary/aromatic N) is 1. The van der Waals surface area contributed by atoms with Gasteiger partial charge in [0.15, 0.2) is 0 Å². The van der Waals surface area contributed by atoms with E-state index in [1.165, 1.54) is 0 Å². The second-order valence-corrected chi connectivity index (χ2v) is 7.84. The van der Waals surface area contributed by atoms with E-state index in [1.54, 1.807) is 18.2 Å². The van der Waals surface area contributed by atoms with Crippen molar-refractivity contribution in [1.29, 1.82) is 0 Å². The lowest BCUT2D eigenvalue weighted by atomic mass is 10.2. The van der Waals surface area contributed by atoms with Crippen LogP contribution in [0.3, 0.4) is 0 Å². The predicted molar refractivity (Wildman–Crippen MR) is 89.0 cm³/mol. The number of hydrogen-bond acceptors (Lipinski definition) is 3. The molecule has 0 aromatic heterocycles. The zero-order valence-corrected chi connectivity index (χ0v) is 15.1. The summed E-state index contributed by atoms with van der Waals surface area (Å²) >= 11 is 3.37. The molecular formula is C14H21BrN2O3S. The highest BCUT2D eigenvalue weighted by atomic mass is 79.9. The molecule has 0 fully saturated rings. The molecular weight excluding hydrogens is 356 g/mol. The molecule has 0 saturated heterocycles. The SMILES string of the molecule is CC[C@@H](C)NC(=O)CN(c1ccc(Br)c(C)c1)S(C)(=O)=O. The van der Waals surface area contributed by atoms with Gasteiger partial charge in [-0.05, 0) is 44.0 Å². The Kier molecular flexibility index (Phi) is 6.22. The minimum atomic E-state index is -3.53. The summed E-state index contributed by atoms with van der Waals surface area (Å²) in [6.45, 7) is 5.49. The third-order valence-electron chi connectivity index (χ3n) is 3.14. The van der Waals surface area contributed by atoms with Gasteiger partial charge >= 0.3 is 0 Å². The molecule has 0 aliphatic rings. The highest BCUT2D eigenvalue weighted by Crippen LogP contribution is 2.24. The summed E-state index contributed by atoms with van der Waals surface area (Å²) in [6.07, 6.45) is 1.89. The number of benzene rings is 1. The van der Waals surface area contributed by atoms with Gasteiger partial charge in [-0.2, -0.15) is 0 Å². The van der Waals surface area contributed by atoms with Crippen LogP contribution in [-0.4, -0.2) is 33.2 Å². The van der Waals surface area contributed by atoms with Gasteiger partial charge < -0.3 is 5.32 Å². The van der Waals surface area contributed by atoms with Crippen LogP contribution in [0.5, 0.6) is 0 Å². The van der Waals surface area contributed by atoms with Gasteiger partial charge in [0, 0.05) is 10.5 Å². The maximum atomic E-state index is 12.0. The fraction of sp³-hybridized carbons (Fsp3) is 0.500. The van der Waals surface area contributed by atoms with Crippen molar-refractivity contribution in [1.82, 2.24) is 5.32 Å². The lowest BCUT2D eigenvalue weighted by Gasteiger charge is -2.23. The fourth-order valence-electron chi connectivity index (χ4n) is 1.74. The first kappa shape index (κ1) is 18.0. The summed E-state index contributed by atoms with van der Waals surface area (Å²) < 4.78 is 25.9. The molecule has 1 N–H and O–H groups in total. The number of aryl methyl sites for hydroxylation is 1. The molecule has 7 heteroatoms. The van der Waals surface area contributed by atoms with Gasteiger partial charge in [0.25, 0.3) is 0 Å². The van der Waals surface area contributed by atoms with E-state index in [1.807, 2.05) is 20.8 Å². The van der Waals surface area contributed by atoms with Crippen molar-refractivity contribution in [2.75, 3.05) is 17.1 Å². The zero-order valence-electron chi connectivity index (χ0n) is 12.7. The Balaban J connectivity index is 3.02. The molecule has 0 spiro atoms. The first-order valence-corrected chi connectivity index (χ1v) is 9.32. The van der Waals surface area contributed by atoms with E-state index in [2.05, 4.69) is 21.2 Å². The predicted octanol–water partition coefficient (Wildman–Crippen LogP) is 2.44. The molecule has 1 rings (SSSR count). The molecule has 1 amide bonds. The van der Waals surface area contributed by atoms with Crippen LogP contribution >= 0.6 is 15.9 Å². The molecule has 0 aliphatic carbocycles. The fourth-order valence-corrected chi connectivity index (χ4v) is 2.83. The second kappa shape index (κ2) is 7.26. The van der Waals surface area contributed by atoms with Crippen LogP contribution in [0.2, 0.25) is 0 Å². The van der Waals surface area contributed by atoms with Gasteiger partial charge in [-0.3, -0.25) is 9.10 Å². The van der Waals surface area contributed by atoms with Gasteiger partial charge in [-0.15, -0.1) is 0 Å². The van der Waals surface area contributed by atoms with Crippen molar-refractivity contribution < 1.29 is 13.2 Å². The molecule has 118 valence electrons. The summed E-state index contributed by atoms with van der Waals surface area (Å²) in [7, 11) is -3.53. The van der Waals surface area contributed by atoms with Crippen molar-refractivity contribution in [3.05, 3.63) is 28.2 Å². The van der Waals surface area contributed by atoms with Crippen LogP contribution < -0.4 is 9.62 Å². The number of amides is 1. The number of anilines is 1. The Labute approximate surface area is 134 Å². The summed E-state index contributed by atoms with van der Waals surface area (Å²) in [5.41, 5.74) is 1.39. The monoisotopic (exact) mass is 376 g/mol. The Bertz CT molecular complexity index is 617. The molecule has 0 bridgehead atoms. The molecule has 5 nitrogen and oxygen atoms in total. The molecule has 1 atom stereocenters. The molecule has 1 aromatic carbocycles. The molecule has 0 heterocycles. The van der Waals surface area contributed by atoms with E-state index in [0.29, 0.717) is 5.69 Å². The van der Waals surface area contributed by atoms with Crippen molar-refractivity contribution in [3.8, 4) is 0 Å². The van der Waals surface area contributed by atoms with Gasteiger partial charge in [-0.1, -0.05) is 22.9 Å². The average molecular weight is 377 g/mol. The largest absolute Gasteiger partial charge is 0.352 e. The molecule has 0 saturated carbocycles. The quantitative estimate of drug-likeness (QED) is 0.828. The van der Waals surface area contributed by atoms with Crippen molar-refractivity contribution in [2.45, 2.75) is 33.2 Å². The third-order valence-corrected chi connectivity index (χ3v) is 5.17. The lowest BCUT2D eigenvalue weighted by molar-refractivity contribution is -0.120. The van der Waals surface area contributed by atoms with E-state index in [-0.39, 0.29) is 18.5 Å². The molecule has 0 unspecified atom stereocenters. The Morgan fingerprint density at radius 3 is 2.52 bits per heavy atom. The highest BCUT2D eigenvalue weighted by molar-refractivity contribution is 9.10. The van der Waals surface area contributed by atoms with Crippen LogP contribution in [0.1, 0.15) is 25.8 Å². The molecule has 21 heavy (non-hydrogen) atoms. The second-order valence-electron chi connectivity index (χ2n) is 5.08. The topological polar surface area (TPSA) is 66.5 Å². The van der Waals surface area contributed by atoms with E-state index >= 15 is 0 Å². The van der Waals surface area contributed by atoms with Gasteiger partial charge in [-0.25, -0.2) is 8.42 Å². The molecule has 0 aliphatic heterocycles. The highest BCUT2D eigenvalue weighted by Gasteiger charge is 2.21. The van der Waals surface area contributed by atoms with Crippen molar-refractivity contribution in [3.63, 3.8) is 0 Å². The lowest BCUT2D eigenvalue weighted by Crippen LogP contribution is -2.43. The van der Waals surface area contributed by atoms with Crippen LogP contribution in [-0.2, 0) is 14.8 Å². The normalized spacial score (nSPS) is 12.8. The summed E-state index contributed by atoms with van der Waals surface area (Å²) in [5, 5.41) is 2.77. The van der Waals surface area contributed by atoms with E-state index in [0.717, 1.165) is 27.0 Å². The van der Waals surface area contributed by atoms with E-state index in [9.17, 15) is 13.2 Å². The number of nitrogens with one attached hydrogen (secondary N) is 1. The Hall–Kier alpha value is -1.08. The third kappa shape index (κ3) is 5.32. The summed E-state index contributed by atoms with van der Waals surface area (Å²) in [5.74, 6) is -0.310. The average Bonchev–Trinajstić information content (AvgIpc) is 2.38. The Morgan fingerprint density at radius 2 is 2.05 bits per heavy atom. The standard InChI is InChI=1S/C14H21BrN2O3S/c1-5-11(3)16-14(18)9-17(21(4,19)20)12-6-7-13(15)10(2)8-12/h6-8,11H,5,9H2,1-4H3,(H,16,18)/t11-/m1/s1. The van der Waals surface area contributed by atoms with Crippen LogP contribution in [0.25, 0.3) is 0 Å². The zero-order chi connectivity index (χ0) is 16.2. The van der Waals surface area contributed by atoms with E-state index in [4.69, 9.17) is 0 Å². The number of carbonyl (C=O) groups is 1. The van der Waals surface area contributed by atoms with Crippen LogP contribution in [0, 0.1) is 6.92 Å². The smallest absolute Gasteiger partial charge is 0.240 e. The number of carbonyl (C=O) groups excluding carboxylic acids is 1. The minimum Gasteiger partial charge on any atom is -0.352 e. The maximum Gasteiger partial charge on any atom is 0.240 e. The Morgan fingerprint density at radius 1 is 1.43 bits per heavy atom. The number of sulfonamides is 1. The molecule has 0 radical (unpaired) electrons. The van der Waals surface area contributed by atoms with Gasteiger partial charge in [0.1, 0.15) is 6.54 Å². The van der Waals surface area contributed by atoms with Crippen LogP contribution in [0.4, 0.5) is 5.69 Å². The van der Waals surface area contributed by atoms with Crippen molar-refractivity contribution >= 4 is 37.5 Å². The maximum absolute atomic E-state index is 12.0. The summed E-state index contributed by atoms with van der Waals surface area (Å²) in [4.78, 5) is 12.0. The first-order chi connectivity index (χ1) is 9.65. The minimum absolute atomic E-state index is 0.0190. The summed E-state index contributed by atoms with van der Waals surface area (Å²) in [6, 6.07) is 5.21. The number of hydrogen-bond donors (Lipinski definition) is 1. The van der Waals surface area contributed by atoms with Gasteiger partial charge in [0.2, 0.25) is 15.9 Å². The van der Waals surface area contributed by atoms with Gasteiger partial charge in [0.05, 0.1) is 11.9 Å². The molecule has 1 aromatic rings. The van der Waals surface area contributed by atoms with E-state index < -0.39 is 10.0 Å². The number of halogens is 1. The first-order valence-electron chi connectivity index (χ1n) is 6.68. The van der Waals surface area contributed by atoms with Crippen molar-refractivity contribution in [2.24, 2.45) is 0 Å². The number of rotatable bonds is 6. The van der Waals surface area contributed by atoms with Crippen LogP contribution in [0.15, 0.2) is 22.7 Å².